The molecule has 1 aliphatic rings. The van der Waals surface area contributed by atoms with Gasteiger partial charge >= 0.3 is 0 Å². The van der Waals surface area contributed by atoms with Crippen LogP contribution in [0.5, 0.6) is 0 Å². The number of anilines is 2. The second-order valence-corrected chi connectivity index (χ2v) is 4.35. The molecule has 5 heteroatoms. The Bertz CT molecular complexity index is 356. The highest BCUT2D eigenvalue weighted by atomic mass is 16.3. The summed E-state index contributed by atoms with van der Waals surface area (Å²) >= 11 is 0. The molecule has 1 aromatic heterocycles. The number of β-amino-alcohol motifs (C(OH)–C–C–N with tert-alkyl or cyclic N) is 1. The fourth-order valence-electron chi connectivity index (χ4n) is 1.89. The van der Waals surface area contributed by atoms with Crippen LogP contribution >= 0.6 is 0 Å². The van der Waals surface area contributed by atoms with Gasteiger partial charge in [-0.1, -0.05) is 0 Å². The smallest absolute Gasteiger partial charge is 0.226 e. The summed E-state index contributed by atoms with van der Waals surface area (Å²) in [6, 6.07) is 1.89. The zero-order chi connectivity index (χ0) is 11.5. The van der Waals surface area contributed by atoms with E-state index in [1.165, 1.54) is 0 Å². The summed E-state index contributed by atoms with van der Waals surface area (Å²) in [5, 5.41) is 9.62. The Labute approximate surface area is 95.7 Å². The quantitative estimate of drug-likeness (QED) is 0.790. The summed E-state index contributed by atoms with van der Waals surface area (Å²) < 4.78 is 0. The van der Waals surface area contributed by atoms with Crippen molar-refractivity contribution >= 4 is 11.8 Å². The molecule has 88 valence electrons. The van der Waals surface area contributed by atoms with E-state index in [0.29, 0.717) is 12.5 Å². The van der Waals surface area contributed by atoms with E-state index in [1.54, 1.807) is 6.20 Å². The van der Waals surface area contributed by atoms with Crippen molar-refractivity contribution in [3.8, 4) is 0 Å². The van der Waals surface area contributed by atoms with Crippen LogP contribution in [0.25, 0.3) is 0 Å². The Hall–Kier alpha value is -1.36. The maximum absolute atomic E-state index is 9.62. The predicted octanol–water partition coefficient (Wildman–Crippen LogP) is 0.504. The molecule has 0 bridgehead atoms. The number of rotatable bonds is 2. The van der Waals surface area contributed by atoms with Crippen LogP contribution < -0.4 is 9.80 Å². The Balaban J connectivity index is 2.16. The molecular formula is C11H18N4O. The van der Waals surface area contributed by atoms with E-state index in [2.05, 4.69) is 14.9 Å². The van der Waals surface area contributed by atoms with Crippen molar-refractivity contribution in [2.45, 2.75) is 18.9 Å². The van der Waals surface area contributed by atoms with Crippen LogP contribution in [0.4, 0.5) is 11.8 Å². The van der Waals surface area contributed by atoms with Crippen molar-refractivity contribution < 1.29 is 5.11 Å². The predicted molar refractivity (Wildman–Crippen MR) is 63.8 cm³/mol. The number of aromatic nitrogens is 2. The van der Waals surface area contributed by atoms with Gasteiger partial charge in [-0.3, -0.25) is 0 Å². The van der Waals surface area contributed by atoms with E-state index in [0.717, 1.165) is 25.2 Å². The van der Waals surface area contributed by atoms with Gasteiger partial charge in [0.05, 0.1) is 6.10 Å². The van der Waals surface area contributed by atoms with Gasteiger partial charge in [0, 0.05) is 33.4 Å². The first-order chi connectivity index (χ1) is 7.66. The lowest BCUT2D eigenvalue weighted by Gasteiger charge is -2.31. The molecule has 1 aliphatic heterocycles. The van der Waals surface area contributed by atoms with Gasteiger partial charge in [-0.05, 0) is 18.9 Å². The highest BCUT2D eigenvalue weighted by molar-refractivity contribution is 5.43. The van der Waals surface area contributed by atoms with Crippen LogP contribution in [-0.2, 0) is 0 Å². The van der Waals surface area contributed by atoms with E-state index in [1.807, 2.05) is 25.1 Å². The lowest BCUT2D eigenvalue weighted by Crippen LogP contribution is -2.38. The van der Waals surface area contributed by atoms with Gasteiger partial charge in [0.15, 0.2) is 0 Å². The molecule has 0 saturated carbocycles. The van der Waals surface area contributed by atoms with Crippen LogP contribution in [-0.4, -0.2) is 48.4 Å². The summed E-state index contributed by atoms with van der Waals surface area (Å²) in [4.78, 5) is 12.6. The first kappa shape index (κ1) is 11.1. The van der Waals surface area contributed by atoms with E-state index >= 15 is 0 Å². The number of nitrogens with zero attached hydrogens (tertiary/aromatic N) is 4. The number of aliphatic hydroxyl groups excluding tert-OH is 1. The fraction of sp³-hybridized carbons (Fsp3) is 0.636. The number of piperidine rings is 1. The minimum atomic E-state index is -0.230. The molecule has 1 N–H and O–H groups in total. The highest BCUT2D eigenvalue weighted by Crippen LogP contribution is 2.18. The molecule has 1 aromatic rings. The zero-order valence-electron chi connectivity index (χ0n) is 9.80. The van der Waals surface area contributed by atoms with Crippen molar-refractivity contribution in [2.24, 2.45) is 0 Å². The van der Waals surface area contributed by atoms with Crippen LogP contribution in [0.3, 0.4) is 0 Å². The topological polar surface area (TPSA) is 52.5 Å². The molecule has 2 rings (SSSR count). The standard InChI is InChI=1S/C11H18N4O/c1-14(2)11-12-6-5-10(13-11)15-7-3-4-9(16)8-15/h5-6,9,16H,3-4,7-8H2,1-2H3/t9-/m0/s1. The van der Waals surface area contributed by atoms with Gasteiger partial charge in [0.2, 0.25) is 5.95 Å². The monoisotopic (exact) mass is 222 g/mol. The normalized spacial score (nSPS) is 20.9. The minimum Gasteiger partial charge on any atom is -0.391 e. The maximum atomic E-state index is 9.62. The minimum absolute atomic E-state index is 0.230. The molecule has 0 radical (unpaired) electrons. The SMILES string of the molecule is CN(C)c1nccc(N2CCC[C@H](O)C2)n1. The van der Waals surface area contributed by atoms with Crippen LogP contribution in [0.1, 0.15) is 12.8 Å². The van der Waals surface area contributed by atoms with E-state index < -0.39 is 0 Å². The average Bonchev–Trinajstić information content (AvgIpc) is 2.29. The first-order valence-corrected chi connectivity index (χ1v) is 5.60. The molecule has 1 atom stereocenters. The van der Waals surface area contributed by atoms with Crippen LogP contribution in [0.2, 0.25) is 0 Å². The second kappa shape index (κ2) is 4.65. The Morgan fingerprint density at radius 1 is 1.50 bits per heavy atom. The maximum Gasteiger partial charge on any atom is 0.226 e. The lowest BCUT2D eigenvalue weighted by atomic mass is 10.1. The van der Waals surface area contributed by atoms with Gasteiger partial charge in [-0.15, -0.1) is 0 Å². The van der Waals surface area contributed by atoms with Gasteiger partial charge in [0.25, 0.3) is 0 Å². The van der Waals surface area contributed by atoms with E-state index in [9.17, 15) is 5.11 Å². The van der Waals surface area contributed by atoms with Gasteiger partial charge in [-0.25, -0.2) is 4.98 Å². The van der Waals surface area contributed by atoms with Crippen molar-refractivity contribution in [2.75, 3.05) is 37.0 Å². The third-order valence-electron chi connectivity index (χ3n) is 2.75. The molecule has 5 nitrogen and oxygen atoms in total. The Kier molecular flexibility index (Phi) is 3.24. The number of aliphatic hydroxyl groups is 1. The first-order valence-electron chi connectivity index (χ1n) is 5.60. The Morgan fingerprint density at radius 2 is 2.31 bits per heavy atom. The van der Waals surface area contributed by atoms with Crippen molar-refractivity contribution in [3.63, 3.8) is 0 Å². The largest absolute Gasteiger partial charge is 0.391 e. The third kappa shape index (κ3) is 2.41. The molecule has 16 heavy (non-hydrogen) atoms. The van der Waals surface area contributed by atoms with Crippen LogP contribution in [0.15, 0.2) is 12.3 Å². The molecule has 1 saturated heterocycles. The van der Waals surface area contributed by atoms with Gasteiger partial charge in [0.1, 0.15) is 5.82 Å². The van der Waals surface area contributed by atoms with Gasteiger partial charge in [-0.2, -0.15) is 4.98 Å². The Morgan fingerprint density at radius 3 is 3.00 bits per heavy atom. The second-order valence-electron chi connectivity index (χ2n) is 4.35. The van der Waals surface area contributed by atoms with Gasteiger partial charge < -0.3 is 14.9 Å². The zero-order valence-corrected chi connectivity index (χ0v) is 9.80. The fourth-order valence-corrected chi connectivity index (χ4v) is 1.89. The molecule has 0 unspecified atom stereocenters. The number of hydrogen-bond donors (Lipinski definition) is 1. The van der Waals surface area contributed by atoms with Crippen LogP contribution in [0, 0.1) is 0 Å². The molecular weight excluding hydrogens is 204 g/mol. The third-order valence-corrected chi connectivity index (χ3v) is 2.75. The molecule has 0 aliphatic carbocycles. The van der Waals surface area contributed by atoms with E-state index in [4.69, 9.17) is 0 Å². The highest BCUT2D eigenvalue weighted by Gasteiger charge is 2.19. The molecule has 0 spiro atoms. The summed E-state index contributed by atoms with van der Waals surface area (Å²) in [5.74, 6) is 1.61. The molecule has 1 fully saturated rings. The van der Waals surface area contributed by atoms with E-state index in [-0.39, 0.29) is 6.10 Å². The van der Waals surface area contributed by atoms with Crippen molar-refractivity contribution in [3.05, 3.63) is 12.3 Å². The van der Waals surface area contributed by atoms with Crippen molar-refractivity contribution in [1.82, 2.24) is 9.97 Å². The molecule has 0 aromatic carbocycles. The molecule has 0 amide bonds. The summed E-state index contributed by atoms with van der Waals surface area (Å²) in [5.41, 5.74) is 0. The number of hydrogen-bond acceptors (Lipinski definition) is 5. The summed E-state index contributed by atoms with van der Waals surface area (Å²) in [6.45, 7) is 1.63. The lowest BCUT2D eigenvalue weighted by molar-refractivity contribution is 0.154. The van der Waals surface area contributed by atoms with Crippen molar-refractivity contribution in [1.29, 1.82) is 0 Å². The molecule has 2 heterocycles. The average molecular weight is 222 g/mol. The summed E-state index contributed by atoms with van der Waals surface area (Å²) in [7, 11) is 3.84. The summed E-state index contributed by atoms with van der Waals surface area (Å²) in [6.07, 6.45) is 3.44.